The van der Waals surface area contributed by atoms with Crippen molar-refractivity contribution in [2.24, 2.45) is 0 Å². The molecule has 0 aliphatic carbocycles. The summed E-state index contributed by atoms with van der Waals surface area (Å²) in [6.45, 7) is 1.63. The van der Waals surface area contributed by atoms with Gasteiger partial charge in [0, 0.05) is 0 Å². The van der Waals surface area contributed by atoms with Gasteiger partial charge < -0.3 is 9.84 Å². The normalized spacial score (nSPS) is 11.4. The summed E-state index contributed by atoms with van der Waals surface area (Å²) in [4.78, 5) is 11.3. The molecule has 0 aliphatic heterocycles. The van der Waals surface area contributed by atoms with Gasteiger partial charge in [0.15, 0.2) is 11.5 Å². The van der Waals surface area contributed by atoms with Crippen molar-refractivity contribution >= 4 is 17.7 Å². The zero-order valence-corrected chi connectivity index (χ0v) is 10.4. The van der Waals surface area contributed by atoms with Crippen molar-refractivity contribution in [1.82, 2.24) is 20.2 Å². The average molecular weight is 260 g/mol. The van der Waals surface area contributed by atoms with Crippen LogP contribution >= 0.6 is 0 Å². The number of tetrazole rings is 1. The van der Waals surface area contributed by atoms with Crippen LogP contribution < -0.4 is 4.74 Å². The number of aryl methyl sites for hydroxylation is 1. The van der Waals surface area contributed by atoms with E-state index in [0.717, 1.165) is 0 Å². The van der Waals surface area contributed by atoms with Crippen LogP contribution in [0.1, 0.15) is 11.4 Å². The van der Waals surface area contributed by atoms with Crippen molar-refractivity contribution in [2.75, 3.05) is 7.11 Å². The predicted octanol–water partition coefficient (Wildman–Crippen LogP) is 1.07. The molecule has 1 aromatic carbocycles. The molecular weight excluding hydrogens is 248 g/mol. The molecule has 19 heavy (non-hydrogen) atoms. The highest BCUT2D eigenvalue weighted by molar-refractivity contribution is 6.14. The summed E-state index contributed by atoms with van der Waals surface area (Å²) in [5, 5.41) is 20.0. The molecule has 0 radical (unpaired) electrons. The fourth-order valence-electron chi connectivity index (χ4n) is 1.56. The van der Waals surface area contributed by atoms with Crippen LogP contribution in [-0.4, -0.2) is 38.4 Å². The van der Waals surface area contributed by atoms with E-state index in [4.69, 9.17) is 4.74 Å². The van der Waals surface area contributed by atoms with Crippen LogP contribution in [0.25, 0.3) is 11.8 Å². The summed E-state index contributed by atoms with van der Waals surface area (Å²) in [6, 6.07) is 7.05. The van der Waals surface area contributed by atoms with Gasteiger partial charge in [0.1, 0.15) is 5.75 Å². The van der Waals surface area contributed by atoms with Gasteiger partial charge in [0.05, 0.1) is 7.11 Å². The fourth-order valence-corrected chi connectivity index (χ4v) is 1.56. The number of benzene rings is 1. The van der Waals surface area contributed by atoms with E-state index in [2.05, 4.69) is 15.5 Å². The number of carboxylic acid groups (broad SMARTS) is 1. The number of hydrogen-bond donors (Lipinski definition) is 1. The van der Waals surface area contributed by atoms with Gasteiger partial charge in [-0.2, -0.15) is 4.68 Å². The van der Waals surface area contributed by atoms with Gasteiger partial charge >= 0.3 is 5.97 Å². The maximum Gasteiger partial charge on any atom is 0.354 e. The van der Waals surface area contributed by atoms with Gasteiger partial charge in [-0.15, -0.1) is 5.10 Å². The molecule has 7 nitrogen and oxygen atoms in total. The molecule has 0 spiro atoms. The molecule has 1 heterocycles. The Balaban J connectivity index is 2.47. The van der Waals surface area contributed by atoms with Crippen molar-refractivity contribution in [2.45, 2.75) is 6.92 Å². The quantitative estimate of drug-likeness (QED) is 0.827. The number of methoxy groups -OCH3 is 1. The Morgan fingerprint density at radius 2 is 2.26 bits per heavy atom. The van der Waals surface area contributed by atoms with E-state index >= 15 is 0 Å². The number of ether oxygens (including phenoxy) is 1. The first-order valence-electron chi connectivity index (χ1n) is 5.46. The Morgan fingerprint density at radius 3 is 2.84 bits per heavy atom. The number of aliphatic carboxylic acids is 1. The third-order valence-corrected chi connectivity index (χ3v) is 2.47. The minimum Gasteiger partial charge on any atom is -0.497 e. The SMILES string of the molecule is COc1cccc(C=C(C(=O)O)n2nnnc2C)c1. The number of carboxylic acids is 1. The first kappa shape index (κ1) is 12.7. The third-order valence-electron chi connectivity index (χ3n) is 2.47. The molecule has 98 valence electrons. The first-order valence-corrected chi connectivity index (χ1v) is 5.46. The zero-order valence-electron chi connectivity index (χ0n) is 10.4. The first-order chi connectivity index (χ1) is 9.11. The van der Waals surface area contributed by atoms with E-state index in [0.29, 0.717) is 17.1 Å². The van der Waals surface area contributed by atoms with Crippen LogP contribution in [0.4, 0.5) is 0 Å². The van der Waals surface area contributed by atoms with E-state index < -0.39 is 5.97 Å². The Morgan fingerprint density at radius 1 is 1.47 bits per heavy atom. The van der Waals surface area contributed by atoms with Crippen LogP contribution in [0, 0.1) is 6.92 Å². The summed E-state index contributed by atoms with van der Waals surface area (Å²) in [6.07, 6.45) is 1.48. The van der Waals surface area contributed by atoms with Gasteiger partial charge in [0.2, 0.25) is 0 Å². The lowest BCUT2D eigenvalue weighted by Gasteiger charge is -2.04. The third kappa shape index (κ3) is 2.76. The minimum atomic E-state index is -1.11. The molecule has 0 fully saturated rings. The number of hydrogen-bond acceptors (Lipinski definition) is 5. The summed E-state index contributed by atoms with van der Waals surface area (Å²) in [7, 11) is 1.55. The lowest BCUT2D eigenvalue weighted by Crippen LogP contribution is -2.11. The Labute approximate surface area is 109 Å². The number of carbonyl (C=O) groups is 1. The molecule has 2 aromatic rings. The van der Waals surface area contributed by atoms with Crippen LogP contribution in [0.3, 0.4) is 0 Å². The molecule has 0 saturated heterocycles. The lowest BCUT2D eigenvalue weighted by molar-refractivity contribution is -0.130. The van der Waals surface area contributed by atoms with Crippen LogP contribution in [0.2, 0.25) is 0 Å². The van der Waals surface area contributed by atoms with E-state index in [-0.39, 0.29) is 5.70 Å². The lowest BCUT2D eigenvalue weighted by atomic mass is 10.2. The predicted molar refractivity (Wildman–Crippen MR) is 67.4 cm³/mol. The van der Waals surface area contributed by atoms with Gasteiger partial charge in [-0.25, -0.2) is 4.79 Å². The monoisotopic (exact) mass is 260 g/mol. The number of nitrogens with zero attached hydrogens (tertiary/aromatic N) is 4. The van der Waals surface area contributed by atoms with Crippen LogP contribution in [-0.2, 0) is 4.79 Å². The molecule has 0 amide bonds. The molecule has 2 rings (SSSR count). The van der Waals surface area contributed by atoms with Crippen LogP contribution in [0.5, 0.6) is 5.75 Å². The Hall–Kier alpha value is -2.70. The second kappa shape index (κ2) is 5.30. The van der Waals surface area contributed by atoms with E-state index in [1.54, 1.807) is 38.3 Å². The second-order valence-corrected chi connectivity index (χ2v) is 3.75. The van der Waals surface area contributed by atoms with E-state index in [1.165, 1.54) is 10.8 Å². The molecule has 1 aromatic heterocycles. The number of rotatable bonds is 4. The zero-order chi connectivity index (χ0) is 13.8. The highest BCUT2D eigenvalue weighted by Crippen LogP contribution is 2.17. The van der Waals surface area contributed by atoms with Crippen molar-refractivity contribution in [3.63, 3.8) is 0 Å². The molecular formula is C12H12N4O3. The van der Waals surface area contributed by atoms with Crippen LogP contribution in [0.15, 0.2) is 24.3 Å². The van der Waals surface area contributed by atoms with Crippen molar-refractivity contribution in [3.8, 4) is 5.75 Å². The maximum atomic E-state index is 11.3. The summed E-state index contributed by atoms with van der Waals surface area (Å²) in [5.41, 5.74) is 0.655. The van der Waals surface area contributed by atoms with E-state index in [9.17, 15) is 9.90 Å². The summed E-state index contributed by atoms with van der Waals surface area (Å²) >= 11 is 0. The minimum absolute atomic E-state index is 0.0317. The van der Waals surface area contributed by atoms with E-state index in [1.807, 2.05) is 0 Å². The molecule has 0 aliphatic rings. The van der Waals surface area contributed by atoms with Crippen molar-refractivity contribution < 1.29 is 14.6 Å². The summed E-state index contributed by atoms with van der Waals surface area (Å²) < 4.78 is 6.26. The Bertz CT molecular complexity index is 633. The van der Waals surface area contributed by atoms with Gasteiger partial charge in [-0.1, -0.05) is 12.1 Å². The van der Waals surface area contributed by atoms with Gasteiger partial charge in [-0.3, -0.25) is 0 Å². The average Bonchev–Trinajstić information content (AvgIpc) is 2.82. The van der Waals surface area contributed by atoms with Crippen molar-refractivity contribution in [1.29, 1.82) is 0 Å². The maximum absolute atomic E-state index is 11.3. The molecule has 0 atom stereocenters. The molecule has 1 N–H and O–H groups in total. The summed E-state index contributed by atoms with van der Waals surface area (Å²) in [5.74, 6) is -0.0679. The van der Waals surface area contributed by atoms with Crippen molar-refractivity contribution in [3.05, 3.63) is 35.7 Å². The molecule has 0 saturated carbocycles. The number of aromatic nitrogens is 4. The van der Waals surface area contributed by atoms with Gasteiger partial charge in [-0.05, 0) is 41.1 Å². The standard InChI is InChI=1S/C12H12N4O3/c1-8-13-14-15-16(8)11(12(17)18)7-9-4-3-5-10(6-9)19-2/h3-7H,1-2H3,(H,17,18). The second-order valence-electron chi connectivity index (χ2n) is 3.75. The molecule has 0 bridgehead atoms. The fraction of sp³-hybridized carbons (Fsp3) is 0.167. The molecule has 0 unspecified atom stereocenters. The topological polar surface area (TPSA) is 90.1 Å². The highest BCUT2D eigenvalue weighted by Gasteiger charge is 2.14. The molecule has 7 heteroatoms. The smallest absolute Gasteiger partial charge is 0.354 e. The Kier molecular flexibility index (Phi) is 3.56. The van der Waals surface area contributed by atoms with Gasteiger partial charge in [0.25, 0.3) is 0 Å². The largest absolute Gasteiger partial charge is 0.497 e. The highest BCUT2D eigenvalue weighted by atomic mass is 16.5.